The Morgan fingerprint density at radius 2 is 1.86 bits per heavy atom. The van der Waals surface area contributed by atoms with Gasteiger partial charge >= 0.3 is 6.98 Å². The van der Waals surface area contributed by atoms with Crippen molar-refractivity contribution in [1.29, 1.82) is 0 Å². The van der Waals surface area contributed by atoms with Crippen molar-refractivity contribution in [2.45, 2.75) is 32.9 Å². The third-order valence-electron chi connectivity index (χ3n) is 3.35. The van der Waals surface area contributed by atoms with Crippen molar-refractivity contribution < 1.29 is 17.7 Å². The molecule has 1 heterocycles. The number of nitrogens with zero attached hydrogens (tertiary/aromatic N) is 2. The van der Waals surface area contributed by atoms with Crippen molar-refractivity contribution in [3.05, 3.63) is 42.2 Å². The molecule has 2 aromatic rings. The molecule has 21 heavy (non-hydrogen) atoms. The number of hydrogen-bond acceptors (Lipinski definition) is 2. The van der Waals surface area contributed by atoms with Crippen LogP contribution < -0.4 is 10.2 Å². The van der Waals surface area contributed by atoms with Gasteiger partial charge in [0.25, 0.3) is 0 Å². The lowest BCUT2D eigenvalue weighted by Gasteiger charge is -2.15. The molecule has 0 aliphatic heterocycles. The van der Waals surface area contributed by atoms with Crippen LogP contribution in [0.5, 0.6) is 5.75 Å². The van der Waals surface area contributed by atoms with Gasteiger partial charge in [-0.1, -0.05) is 19.1 Å². The summed E-state index contributed by atoms with van der Waals surface area (Å²) in [6.45, 7) is -0.580. The first kappa shape index (κ1) is 15.5. The predicted octanol–water partition coefficient (Wildman–Crippen LogP) is 3.49. The summed E-state index contributed by atoms with van der Waals surface area (Å²) in [7, 11) is 0. The number of ether oxygens (including phenoxy) is 1. The van der Waals surface area contributed by atoms with Crippen LogP contribution in [0.15, 0.2) is 36.5 Å². The summed E-state index contributed by atoms with van der Waals surface area (Å²) in [4.78, 5) is 0. The molecule has 0 radical (unpaired) electrons. The molecule has 114 valence electrons. The Kier molecular flexibility index (Phi) is 4.60. The highest BCUT2D eigenvalue weighted by Gasteiger charge is 2.24. The fourth-order valence-electron chi connectivity index (χ4n) is 1.83. The van der Waals surface area contributed by atoms with Gasteiger partial charge in [-0.2, -0.15) is 5.10 Å². The van der Waals surface area contributed by atoms with Gasteiger partial charge in [0.1, 0.15) is 12.4 Å². The van der Waals surface area contributed by atoms with Crippen LogP contribution in [0.2, 0.25) is 0 Å². The monoisotopic (exact) mass is 297 g/mol. The summed E-state index contributed by atoms with van der Waals surface area (Å²) in [5.41, 5.74) is 0.128. The fraction of sp³-hybridized carbons (Fsp3) is 0.357. The predicted molar refractivity (Wildman–Crippen MR) is 76.7 cm³/mol. The van der Waals surface area contributed by atoms with Gasteiger partial charge in [-0.25, -0.2) is 0 Å². The summed E-state index contributed by atoms with van der Waals surface area (Å²) >= 11 is 0. The van der Waals surface area contributed by atoms with E-state index in [1.54, 1.807) is 0 Å². The molecule has 1 atom stereocenters. The zero-order valence-electron chi connectivity index (χ0n) is 12.0. The molecule has 0 N–H and O–H groups in total. The smallest absolute Gasteiger partial charge is 0.487 e. The molecular formula is C14H17BF3N2O-. The number of rotatable bonds is 6. The Morgan fingerprint density at radius 3 is 2.43 bits per heavy atom. The second-order valence-corrected chi connectivity index (χ2v) is 4.98. The number of hydrogen-bond donors (Lipinski definition) is 0. The van der Waals surface area contributed by atoms with Gasteiger partial charge in [-0.15, -0.1) is 5.46 Å². The second kappa shape index (κ2) is 6.24. The van der Waals surface area contributed by atoms with Crippen LogP contribution in [-0.4, -0.2) is 16.8 Å². The maximum Gasteiger partial charge on any atom is 0.509 e. The topological polar surface area (TPSA) is 27.1 Å². The molecule has 0 saturated carbocycles. The standard InChI is InChI=1S/C14H17BF3N2O/c1-3-11(2)20-9-8-13(19-20)10-21-14-6-4-12(5-7-14)15(16,17)18/h4-9,11H,3,10H2,1-2H3/q-1. The maximum atomic E-state index is 12.5. The van der Waals surface area contributed by atoms with E-state index in [0.29, 0.717) is 11.8 Å². The van der Waals surface area contributed by atoms with Crippen molar-refractivity contribution in [3.63, 3.8) is 0 Å². The SMILES string of the molecule is CCC(C)n1ccc(COc2ccc([B-](F)(F)F)cc2)n1. The van der Waals surface area contributed by atoms with Crippen molar-refractivity contribution >= 4 is 12.4 Å². The maximum absolute atomic E-state index is 12.5. The highest BCUT2D eigenvalue weighted by Crippen LogP contribution is 2.15. The lowest BCUT2D eigenvalue weighted by atomic mass is 9.80. The van der Waals surface area contributed by atoms with Crippen LogP contribution in [-0.2, 0) is 6.61 Å². The van der Waals surface area contributed by atoms with Gasteiger partial charge in [0.2, 0.25) is 0 Å². The Labute approximate surface area is 121 Å². The Balaban J connectivity index is 1.95. The molecule has 0 fully saturated rings. The molecule has 2 rings (SSSR count). The highest BCUT2D eigenvalue weighted by molar-refractivity contribution is 6.73. The summed E-state index contributed by atoms with van der Waals surface area (Å²) in [6, 6.07) is 6.89. The van der Waals surface area contributed by atoms with Gasteiger partial charge < -0.3 is 17.7 Å². The van der Waals surface area contributed by atoms with E-state index in [2.05, 4.69) is 18.9 Å². The first-order valence-corrected chi connectivity index (χ1v) is 6.87. The van der Waals surface area contributed by atoms with Crippen molar-refractivity contribution in [2.75, 3.05) is 0 Å². The van der Waals surface area contributed by atoms with E-state index in [0.717, 1.165) is 24.2 Å². The fourth-order valence-corrected chi connectivity index (χ4v) is 1.83. The molecule has 3 nitrogen and oxygen atoms in total. The van der Waals surface area contributed by atoms with Crippen LogP contribution in [0.1, 0.15) is 32.0 Å². The highest BCUT2D eigenvalue weighted by atomic mass is 19.4. The number of halogens is 3. The van der Waals surface area contributed by atoms with E-state index >= 15 is 0 Å². The Morgan fingerprint density at radius 1 is 1.19 bits per heavy atom. The van der Waals surface area contributed by atoms with Gasteiger partial charge in [-0.3, -0.25) is 4.68 Å². The molecular weight excluding hydrogens is 280 g/mol. The third kappa shape index (κ3) is 4.03. The van der Waals surface area contributed by atoms with Crippen LogP contribution in [0.4, 0.5) is 12.9 Å². The van der Waals surface area contributed by atoms with E-state index in [1.807, 2.05) is 16.9 Å². The molecule has 0 spiro atoms. The molecule has 1 aromatic carbocycles. The number of benzene rings is 1. The van der Waals surface area contributed by atoms with Crippen molar-refractivity contribution in [1.82, 2.24) is 9.78 Å². The lowest BCUT2D eigenvalue weighted by Crippen LogP contribution is -2.33. The summed E-state index contributed by atoms with van der Waals surface area (Å²) in [6.07, 6.45) is 2.85. The van der Waals surface area contributed by atoms with Gasteiger partial charge in [0.05, 0.1) is 5.69 Å². The van der Waals surface area contributed by atoms with E-state index in [4.69, 9.17) is 4.74 Å². The summed E-state index contributed by atoms with van der Waals surface area (Å²) < 4.78 is 44.8. The van der Waals surface area contributed by atoms with E-state index in [9.17, 15) is 12.9 Å². The van der Waals surface area contributed by atoms with Gasteiger partial charge in [0.15, 0.2) is 0 Å². The van der Waals surface area contributed by atoms with Crippen LogP contribution in [0, 0.1) is 0 Å². The Bertz CT molecular complexity index is 581. The van der Waals surface area contributed by atoms with Crippen LogP contribution >= 0.6 is 0 Å². The van der Waals surface area contributed by atoms with E-state index in [1.165, 1.54) is 12.1 Å². The minimum atomic E-state index is -4.96. The normalized spacial score (nSPS) is 13.2. The van der Waals surface area contributed by atoms with Crippen LogP contribution in [0.3, 0.4) is 0 Å². The molecule has 1 unspecified atom stereocenters. The van der Waals surface area contributed by atoms with E-state index < -0.39 is 12.4 Å². The molecule has 0 amide bonds. The molecule has 1 aromatic heterocycles. The molecule has 0 aliphatic rings. The zero-order valence-corrected chi connectivity index (χ0v) is 12.0. The third-order valence-corrected chi connectivity index (χ3v) is 3.35. The quantitative estimate of drug-likeness (QED) is 0.763. The molecule has 7 heteroatoms. The first-order chi connectivity index (χ1) is 9.90. The second-order valence-electron chi connectivity index (χ2n) is 4.98. The average Bonchev–Trinajstić information content (AvgIpc) is 2.92. The minimum Gasteiger partial charge on any atom is -0.487 e. The minimum absolute atomic E-state index is 0.236. The summed E-state index contributed by atoms with van der Waals surface area (Å²) in [5, 5.41) is 4.37. The molecule has 0 bridgehead atoms. The number of aromatic nitrogens is 2. The summed E-state index contributed by atoms with van der Waals surface area (Å²) in [5.74, 6) is 0.400. The van der Waals surface area contributed by atoms with E-state index in [-0.39, 0.29) is 6.61 Å². The Hall–Kier alpha value is -1.92. The van der Waals surface area contributed by atoms with Crippen molar-refractivity contribution in [2.24, 2.45) is 0 Å². The first-order valence-electron chi connectivity index (χ1n) is 6.87. The largest absolute Gasteiger partial charge is 0.509 e. The molecule has 0 saturated heterocycles. The van der Waals surface area contributed by atoms with Crippen molar-refractivity contribution in [3.8, 4) is 5.75 Å². The zero-order chi connectivity index (χ0) is 15.5. The lowest BCUT2D eigenvalue weighted by molar-refractivity contribution is 0.298. The average molecular weight is 297 g/mol. The molecule has 0 aliphatic carbocycles. The van der Waals surface area contributed by atoms with Crippen LogP contribution in [0.25, 0.3) is 0 Å². The van der Waals surface area contributed by atoms with Gasteiger partial charge in [0, 0.05) is 12.2 Å². The van der Waals surface area contributed by atoms with Gasteiger partial charge in [-0.05, 0) is 31.5 Å².